The molecule has 0 heterocycles. The summed E-state index contributed by atoms with van der Waals surface area (Å²) in [6, 6.07) is 17.3. The number of nitrogens with zero attached hydrogens (tertiary/aromatic N) is 1. The fraction of sp³-hybridized carbons (Fsp3) is 0.286. The van der Waals surface area contributed by atoms with Crippen LogP contribution in [0.5, 0.6) is 5.75 Å². The molecule has 1 N–H and O–H groups in total. The van der Waals surface area contributed by atoms with Crippen molar-refractivity contribution in [2.75, 3.05) is 23.0 Å². The lowest BCUT2D eigenvalue weighted by Crippen LogP contribution is -2.45. The van der Waals surface area contributed by atoms with Crippen LogP contribution in [-0.4, -0.2) is 39.5 Å². The van der Waals surface area contributed by atoms with Gasteiger partial charge in [0.25, 0.3) is 0 Å². The number of nitrogens with one attached hydrogen (secondary N) is 1. The average molecular weight is 543 g/mol. The van der Waals surface area contributed by atoms with Crippen molar-refractivity contribution in [3.8, 4) is 5.75 Å². The smallest absolute Gasteiger partial charge is 0.247 e. The van der Waals surface area contributed by atoms with Crippen LogP contribution in [0.4, 0.5) is 11.4 Å². The molecule has 196 valence electrons. The molecule has 1 amide bonds. The minimum atomic E-state index is -3.90. The van der Waals surface area contributed by atoms with Gasteiger partial charge in [-0.05, 0) is 48.2 Å². The molecule has 0 aromatic heterocycles. The van der Waals surface area contributed by atoms with E-state index in [1.54, 1.807) is 42.5 Å². The van der Waals surface area contributed by atoms with Gasteiger partial charge in [-0.25, -0.2) is 8.42 Å². The van der Waals surface area contributed by atoms with Crippen LogP contribution in [0.15, 0.2) is 66.7 Å². The minimum Gasteiger partial charge on any atom is -0.495 e. The number of sulfonamides is 1. The lowest BCUT2D eigenvalue weighted by atomic mass is 9.86. The second-order valence-electron chi connectivity index (χ2n) is 9.78. The van der Waals surface area contributed by atoms with Crippen molar-refractivity contribution in [2.24, 2.45) is 0 Å². The molecule has 0 saturated carbocycles. The van der Waals surface area contributed by atoms with Crippen LogP contribution >= 0.6 is 11.6 Å². The minimum absolute atomic E-state index is 0.0303. The zero-order chi connectivity index (χ0) is 27.5. The second kappa shape index (κ2) is 10.9. The first-order chi connectivity index (χ1) is 17.2. The molecule has 0 aliphatic carbocycles. The first-order valence-corrected chi connectivity index (χ1v) is 13.8. The number of methoxy groups -OCH3 is 1. The van der Waals surface area contributed by atoms with E-state index in [2.05, 4.69) is 26.1 Å². The van der Waals surface area contributed by atoms with Crippen LogP contribution < -0.4 is 14.4 Å². The number of carbonyl (C=O) groups is 2. The molecule has 0 saturated heterocycles. The molecule has 37 heavy (non-hydrogen) atoms. The van der Waals surface area contributed by atoms with Gasteiger partial charge in [0.15, 0.2) is 5.78 Å². The molecule has 7 nitrogen and oxygen atoms in total. The van der Waals surface area contributed by atoms with Gasteiger partial charge in [0.05, 0.1) is 19.1 Å². The SMILES string of the molecule is COc1ccc(Cl)cc1N([C@H](C)C(=O)Nc1cccc(C(=O)c2ccc(C(C)(C)C)cc2)c1)S(C)(=O)=O. The van der Waals surface area contributed by atoms with E-state index >= 15 is 0 Å². The molecule has 0 spiro atoms. The van der Waals surface area contributed by atoms with Gasteiger partial charge in [0.1, 0.15) is 11.8 Å². The Labute approximate surface area is 223 Å². The highest BCUT2D eigenvalue weighted by Gasteiger charge is 2.31. The van der Waals surface area contributed by atoms with E-state index in [0.717, 1.165) is 16.1 Å². The quantitative estimate of drug-likeness (QED) is 0.370. The Morgan fingerprint density at radius 3 is 2.19 bits per heavy atom. The van der Waals surface area contributed by atoms with Crippen LogP contribution in [0, 0.1) is 0 Å². The maximum atomic E-state index is 13.2. The van der Waals surface area contributed by atoms with E-state index in [-0.39, 0.29) is 22.6 Å². The first-order valence-electron chi connectivity index (χ1n) is 11.6. The highest BCUT2D eigenvalue weighted by Crippen LogP contribution is 2.34. The average Bonchev–Trinajstić information content (AvgIpc) is 2.82. The molecule has 0 aliphatic heterocycles. The van der Waals surface area contributed by atoms with Gasteiger partial charge in [0.2, 0.25) is 15.9 Å². The number of amides is 1. The summed E-state index contributed by atoms with van der Waals surface area (Å²) in [5.74, 6) is -0.530. The maximum Gasteiger partial charge on any atom is 0.247 e. The third-order valence-electron chi connectivity index (χ3n) is 5.87. The predicted molar refractivity (Wildman–Crippen MR) is 148 cm³/mol. The zero-order valence-corrected chi connectivity index (χ0v) is 23.3. The summed E-state index contributed by atoms with van der Waals surface area (Å²) in [5.41, 5.74) is 2.51. The van der Waals surface area contributed by atoms with Gasteiger partial charge in [0, 0.05) is 21.8 Å². The molecule has 3 aromatic rings. The van der Waals surface area contributed by atoms with Gasteiger partial charge in [-0.1, -0.05) is 68.8 Å². The van der Waals surface area contributed by atoms with Gasteiger partial charge < -0.3 is 10.1 Å². The Morgan fingerprint density at radius 1 is 0.973 bits per heavy atom. The largest absolute Gasteiger partial charge is 0.495 e. The fourth-order valence-electron chi connectivity index (χ4n) is 3.89. The Hall–Kier alpha value is -3.36. The number of ketones is 1. The molecule has 0 fully saturated rings. The highest BCUT2D eigenvalue weighted by molar-refractivity contribution is 7.92. The van der Waals surface area contributed by atoms with Crippen LogP contribution in [0.1, 0.15) is 49.2 Å². The number of rotatable bonds is 8. The van der Waals surface area contributed by atoms with E-state index in [0.29, 0.717) is 21.8 Å². The molecule has 0 radical (unpaired) electrons. The summed E-state index contributed by atoms with van der Waals surface area (Å²) in [6.07, 6.45) is 1.00. The monoisotopic (exact) mass is 542 g/mol. The Bertz CT molecular complexity index is 1410. The summed E-state index contributed by atoms with van der Waals surface area (Å²) in [5, 5.41) is 3.01. The molecule has 3 aromatic carbocycles. The molecule has 9 heteroatoms. The molecule has 0 aliphatic rings. The van der Waals surface area contributed by atoms with E-state index < -0.39 is 22.0 Å². The topological polar surface area (TPSA) is 92.8 Å². The van der Waals surface area contributed by atoms with Crippen LogP contribution in [0.25, 0.3) is 0 Å². The number of hydrogen-bond acceptors (Lipinski definition) is 5. The highest BCUT2D eigenvalue weighted by atomic mass is 35.5. The van der Waals surface area contributed by atoms with Crippen LogP contribution in [0.3, 0.4) is 0 Å². The van der Waals surface area contributed by atoms with E-state index in [4.69, 9.17) is 16.3 Å². The fourth-order valence-corrected chi connectivity index (χ4v) is 5.23. The molecule has 0 bridgehead atoms. The van der Waals surface area contributed by atoms with Crippen molar-refractivity contribution in [3.05, 3.63) is 88.4 Å². The number of hydrogen-bond donors (Lipinski definition) is 1. The van der Waals surface area contributed by atoms with E-state index in [1.165, 1.54) is 26.2 Å². The van der Waals surface area contributed by atoms with Crippen molar-refractivity contribution < 1.29 is 22.7 Å². The van der Waals surface area contributed by atoms with Crippen LogP contribution in [-0.2, 0) is 20.2 Å². The first kappa shape index (κ1) is 28.2. The normalized spacial score (nSPS) is 12.5. The third kappa shape index (κ3) is 6.70. The predicted octanol–water partition coefficient (Wildman–Crippen LogP) is 5.67. The Balaban J connectivity index is 1.86. The summed E-state index contributed by atoms with van der Waals surface area (Å²) in [7, 11) is -2.50. The summed E-state index contributed by atoms with van der Waals surface area (Å²) >= 11 is 6.10. The molecular formula is C28H31ClN2O5S. The second-order valence-corrected chi connectivity index (χ2v) is 12.1. The van der Waals surface area contributed by atoms with Crippen molar-refractivity contribution in [3.63, 3.8) is 0 Å². The number of carbonyl (C=O) groups excluding carboxylic acids is 2. The maximum absolute atomic E-state index is 13.2. The summed E-state index contributed by atoms with van der Waals surface area (Å²) in [4.78, 5) is 26.2. The summed E-state index contributed by atoms with van der Waals surface area (Å²) < 4.78 is 31.7. The van der Waals surface area contributed by atoms with Crippen molar-refractivity contribution >= 4 is 44.7 Å². The van der Waals surface area contributed by atoms with E-state index in [1.807, 2.05) is 12.1 Å². The van der Waals surface area contributed by atoms with Gasteiger partial charge in [-0.15, -0.1) is 0 Å². The van der Waals surface area contributed by atoms with E-state index in [9.17, 15) is 18.0 Å². The Kier molecular flexibility index (Phi) is 8.35. The Morgan fingerprint density at radius 2 is 1.62 bits per heavy atom. The standard InChI is InChI=1S/C28H31ClN2O5S/c1-18(31(37(6,34)35)24-17-22(29)14-15-25(24)36-5)27(33)30-23-9-7-8-20(16-23)26(32)19-10-12-21(13-11-19)28(2,3)4/h7-18H,1-6H3,(H,30,33)/t18-/m1/s1. The molecule has 3 rings (SSSR count). The van der Waals surface area contributed by atoms with Crippen molar-refractivity contribution in [1.29, 1.82) is 0 Å². The molecular weight excluding hydrogens is 512 g/mol. The van der Waals surface area contributed by atoms with Gasteiger partial charge >= 0.3 is 0 Å². The molecule has 1 atom stereocenters. The lowest BCUT2D eigenvalue weighted by molar-refractivity contribution is -0.116. The van der Waals surface area contributed by atoms with Crippen molar-refractivity contribution in [2.45, 2.75) is 39.2 Å². The summed E-state index contributed by atoms with van der Waals surface area (Å²) in [6.45, 7) is 7.77. The number of anilines is 2. The zero-order valence-electron chi connectivity index (χ0n) is 21.7. The third-order valence-corrected chi connectivity index (χ3v) is 7.33. The lowest BCUT2D eigenvalue weighted by Gasteiger charge is -2.29. The number of ether oxygens (including phenoxy) is 1. The van der Waals surface area contributed by atoms with Crippen LogP contribution in [0.2, 0.25) is 5.02 Å². The number of halogens is 1. The van der Waals surface area contributed by atoms with Crippen molar-refractivity contribution in [1.82, 2.24) is 0 Å². The molecule has 0 unspecified atom stereocenters. The number of benzene rings is 3. The van der Waals surface area contributed by atoms with Gasteiger partial charge in [-0.2, -0.15) is 0 Å². The van der Waals surface area contributed by atoms with Gasteiger partial charge in [-0.3, -0.25) is 13.9 Å².